The molecule has 82 valence electrons. The normalized spacial score (nSPS) is 20.4. The SMILES string of the molecule is CCOC(=O)C(NC)C1CCOCC1. The van der Waals surface area contributed by atoms with Crippen LogP contribution in [0.4, 0.5) is 0 Å². The Kier molecular flexibility index (Phi) is 4.90. The smallest absolute Gasteiger partial charge is 0.323 e. The van der Waals surface area contributed by atoms with Crippen LogP contribution in [-0.4, -0.2) is 38.9 Å². The van der Waals surface area contributed by atoms with Crippen LogP contribution in [-0.2, 0) is 14.3 Å². The second-order valence-corrected chi connectivity index (χ2v) is 3.47. The number of hydrogen-bond acceptors (Lipinski definition) is 4. The van der Waals surface area contributed by atoms with Crippen molar-refractivity contribution in [2.75, 3.05) is 26.9 Å². The van der Waals surface area contributed by atoms with Gasteiger partial charge in [-0.2, -0.15) is 0 Å². The average Bonchev–Trinajstić information content (AvgIpc) is 2.21. The Bertz CT molecular complexity index is 178. The molecule has 0 aromatic carbocycles. The van der Waals surface area contributed by atoms with E-state index in [4.69, 9.17) is 9.47 Å². The van der Waals surface area contributed by atoms with Gasteiger partial charge in [0.15, 0.2) is 0 Å². The lowest BCUT2D eigenvalue weighted by Gasteiger charge is -2.28. The zero-order valence-electron chi connectivity index (χ0n) is 8.91. The van der Waals surface area contributed by atoms with E-state index < -0.39 is 0 Å². The second-order valence-electron chi connectivity index (χ2n) is 3.47. The first-order valence-electron chi connectivity index (χ1n) is 5.21. The summed E-state index contributed by atoms with van der Waals surface area (Å²) >= 11 is 0. The van der Waals surface area contributed by atoms with Gasteiger partial charge in [-0.15, -0.1) is 0 Å². The molecule has 0 amide bonds. The predicted octanol–water partition coefficient (Wildman–Crippen LogP) is 0.564. The molecule has 1 N–H and O–H groups in total. The molecule has 0 bridgehead atoms. The van der Waals surface area contributed by atoms with E-state index in [0.29, 0.717) is 12.5 Å². The molecular formula is C10H19NO3. The van der Waals surface area contributed by atoms with Gasteiger partial charge in [-0.3, -0.25) is 4.79 Å². The molecule has 4 heteroatoms. The van der Waals surface area contributed by atoms with Crippen molar-refractivity contribution in [2.24, 2.45) is 5.92 Å². The number of hydrogen-bond donors (Lipinski definition) is 1. The first kappa shape index (κ1) is 11.5. The van der Waals surface area contributed by atoms with Gasteiger partial charge in [-0.25, -0.2) is 0 Å². The molecule has 1 unspecified atom stereocenters. The van der Waals surface area contributed by atoms with Crippen LogP contribution in [0.5, 0.6) is 0 Å². The molecule has 0 aromatic heterocycles. The van der Waals surface area contributed by atoms with Gasteiger partial charge >= 0.3 is 5.97 Å². The first-order chi connectivity index (χ1) is 6.79. The van der Waals surface area contributed by atoms with E-state index in [1.54, 1.807) is 7.05 Å². The maximum atomic E-state index is 11.5. The minimum absolute atomic E-state index is 0.137. The molecule has 4 nitrogen and oxygen atoms in total. The Labute approximate surface area is 85.0 Å². The van der Waals surface area contributed by atoms with E-state index >= 15 is 0 Å². The van der Waals surface area contributed by atoms with E-state index in [2.05, 4.69) is 5.32 Å². The van der Waals surface area contributed by atoms with Crippen LogP contribution in [0.2, 0.25) is 0 Å². The van der Waals surface area contributed by atoms with Crippen molar-refractivity contribution in [3.8, 4) is 0 Å². The lowest BCUT2D eigenvalue weighted by molar-refractivity contribution is -0.148. The van der Waals surface area contributed by atoms with Crippen LogP contribution in [0.15, 0.2) is 0 Å². The van der Waals surface area contributed by atoms with Crippen molar-refractivity contribution < 1.29 is 14.3 Å². The van der Waals surface area contributed by atoms with E-state index in [1.165, 1.54) is 0 Å². The third-order valence-electron chi connectivity index (χ3n) is 2.59. The van der Waals surface area contributed by atoms with Gasteiger partial charge in [0.2, 0.25) is 0 Å². The summed E-state index contributed by atoms with van der Waals surface area (Å²) in [6, 6.07) is -0.168. The monoisotopic (exact) mass is 201 g/mol. The number of carbonyl (C=O) groups is 1. The van der Waals surface area contributed by atoms with Crippen molar-refractivity contribution in [3.05, 3.63) is 0 Å². The maximum Gasteiger partial charge on any atom is 0.323 e. The highest BCUT2D eigenvalue weighted by Gasteiger charge is 2.29. The van der Waals surface area contributed by atoms with Crippen molar-refractivity contribution in [2.45, 2.75) is 25.8 Å². The minimum Gasteiger partial charge on any atom is -0.465 e. The number of rotatable bonds is 4. The molecule has 1 aliphatic rings. The topological polar surface area (TPSA) is 47.6 Å². The van der Waals surface area contributed by atoms with E-state index in [0.717, 1.165) is 26.1 Å². The maximum absolute atomic E-state index is 11.5. The third kappa shape index (κ3) is 2.96. The fraction of sp³-hybridized carbons (Fsp3) is 0.900. The van der Waals surface area contributed by atoms with Crippen LogP contribution in [0.25, 0.3) is 0 Å². The Hall–Kier alpha value is -0.610. The average molecular weight is 201 g/mol. The molecule has 0 saturated carbocycles. The number of likely N-dealkylation sites (N-methyl/N-ethyl adjacent to an activating group) is 1. The van der Waals surface area contributed by atoms with Gasteiger partial charge in [0.25, 0.3) is 0 Å². The Morgan fingerprint density at radius 2 is 2.21 bits per heavy atom. The molecule has 1 saturated heterocycles. The summed E-state index contributed by atoms with van der Waals surface area (Å²) in [6.07, 6.45) is 1.87. The fourth-order valence-corrected chi connectivity index (χ4v) is 1.83. The molecule has 0 spiro atoms. The highest BCUT2D eigenvalue weighted by molar-refractivity contribution is 5.76. The molecule has 0 aliphatic carbocycles. The van der Waals surface area contributed by atoms with Crippen LogP contribution >= 0.6 is 0 Å². The predicted molar refractivity (Wildman–Crippen MR) is 53.0 cm³/mol. The van der Waals surface area contributed by atoms with Crippen molar-refractivity contribution in [1.29, 1.82) is 0 Å². The summed E-state index contributed by atoms with van der Waals surface area (Å²) in [5.74, 6) is 0.217. The molecule has 1 rings (SSSR count). The van der Waals surface area contributed by atoms with Gasteiger partial charge in [0.1, 0.15) is 6.04 Å². The van der Waals surface area contributed by atoms with Gasteiger partial charge in [0.05, 0.1) is 6.61 Å². The molecule has 1 fully saturated rings. The zero-order valence-corrected chi connectivity index (χ0v) is 8.91. The van der Waals surface area contributed by atoms with Crippen molar-refractivity contribution >= 4 is 5.97 Å². The summed E-state index contributed by atoms with van der Waals surface area (Å²) in [6.45, 7) is 3.78. The third-order valence-corrected chi connectivity index (χ3v) is 2.59. The molecule has 14 heavy (non-hydrogen) atoms. The van der Waals surface area contributed by atoms with Crippen LogP contribution < -0.4 is 5.32 Å². The molecule has 1 aliphatic heterocycles. The Balaban J connectivity index is 2.46. The molecule has 1 heterocycles. The molecule has 0 radical (unpaired) electrons. The van der Waals surface area contributed by atoms with Crippen LogP contribution in [0.3, 0.4) is 0 Å². The number of esters is 1. The van der Waals surface area contributed by atoms with Crippen LogP contribution in [0.1, 0.15) is 19.8 Å². The summed E-state index contributed by atoms with van der Waals surface area (Å²) in [5.41, 5.74) is 0. The molecule has 0 aromatic rings. The fourth-order valence-electron chi connectivity index (χ4n) is 1.83. The first-order valence-corrected chi connectivity index (χ1v) is 5.21. The standard InChI is InChI=1S/C10H19NO3/c1-3-14-10(12)9(11-2)8-4-6-13-7-5-8/h8-9,11H,3-7H2,1-2H3. The lowest BCUT2D eigenvalue weighted by atomic mass is 9.92. The Morgan fingerprint density at radius 1 is 1.57 bits per heavy atom. The summed E-state index contributed by atoms with van der Waals surface area (Å²) in [7, 11) is 1.80. The van der Waals surface area contributed by atoms with Gasteiger partial charge in [-0.05, 0) is 32.7 Å². The summed E-state index contributed by atoms with van der Waals surface area (Å²) in [5, 5.41) is 3.03. The second kappa shape index (κ2) is 5.98. The Morgan fingerprint density at radius 3 is 2.71 bits per heavy atom. The number of nitrogens with one attached hydrogen (secondary N) is 1. The van der Waals surface area contributed by atoms with E-state index in [1.807, 2.05) is 6.92 Å². The van der Waals surface area contributed by atoms with Gasteiger partial charge in [0, 0.05) is 13.2 Å². The number of carbonyl (C=O) groups excluding carboxylic acids is 1. The minimum atomic E-state index is -0.168. The van der Waals surface area contributed by atoms with Gasteiger partial charge in [-0.1, -0.05) is 0 Å². The van der Waals surface area contributed by atoms with E-state index in [9.17, 15) is 4.79 Å². The largest absolute Gasteiger partial charge is 0.465 e. The van der Waals surface area contributed by atoms with Crippen molar-refractivity contribution in [3.63, 3.8) is 0 Å². The highest BCUT2D eigenvalue weighted by atomic mass is 16.5. The molecular weight excluding hydrogens is 182 g/mol. The summed E-state index contributed by atoms with van der Waals surface area (Å²) < 4.78 is 10.3. The van der Waals surface area contributed by atoms with Crippen LogP contribution in [0, 0.1) is 5.92 Å². The lowest BCUT2D eigenvalue weighted by Crippen LogP contribution is -2.44. The van der Waals surface area contributed by atoms with Crippen molar-refractivity contribution in [1.82, 2.24) is 5.32 Å². The molecule has 1 atom stereocenters. The zero-order chi connectivity index (χ0) is 10.4. The quantitative estimate of drug-likeness (QED) is 0.675. The summed E-state index contributed by atoms with van der Waals surface area (Å²) in [4.78, 5) is 11.5. The van der Waals surface area contributed by atoms with E-state index in [-0.39, 0.29) is 12.0 Å². The highest BCUT2D eigenvalue weighted by Crippen LogP contribution is 2.19. The van der Waals surface area contributed by atoms with Gasteiger partial charge < -0.3 is 14.8 Å². The number of ether oxygens (including phenoxy) is 2.